The number of aromatic nitrogens is 2. The average Bonchev–Trinajstić information content (AvgIpc) is 3.32. The SMILES string of the molecule is CCC(=O)N1CCc2cc(S(=O)(=O)NCc3nc4ccccc4n3CC)ccc21. The van der Waals surface area contributed by atoms with Crippen LogP contribution in [-0.4, -0.2) is 30.4 Å². The minimum Gasteiger partial charge on any atom is -0.327 e. The molecular formula is C21H24N4O3S. The van der Waals surface area contributed by atoms with Crippen molar-refractivity contribution in [3.8, 4) is 0 Å². The first-order valence-electron chi connectivity index (χ1n) is 9.81. The summed E-state index contributed by atoms with van der Waals surface area (Å²) < 4.78 is 30.4. The molecule has 0 atom stereocenters. The number of nitrogens with zero attached hydrogens (tertiary/aromatic N) is 3. The van der Waals surface area contributed by atoms with Gasteiger partial charge in [0.05, 0.1) is 22.5 Å². The molecule has 7 nitrogen and oxygen atoms in total. The second-order valence-corrected chi connectivity index (χ2v) is 8.79. The van der Waals surface area contributed by atoms with E-state index in [-0.39, 0.29) is 17.3 Å². The van der Waals surface area contributed by atoms with Crippen LogP contribution in [0.15, 0.2) is 47.4 Å². The zero-order valence-corrected chi connectivity index (χ0v) is 17.4. The molecule has 0 radical (unpaired) electrons. The third kappa shape index (κ3) is 3.54. The smallest absolute Gasteiger partial charge is 0.240 e. The van der Waals surface area contributed by atoms with E-state index in [4.69, 9.17) is 0 Å². The number of anilines is 1. The topological polar surface area (TPSA) is 84.3 Å². The lowest BCUT2D eigenvalue weighted by Crippen LogP contribution is -2.28. The van der Waals surface area contributed by atoms with Gasteiger partial charge in [0.15, 0.2) is 0 Å². The fraction of sp³-hybridized carbons (Fsp3) is 0.333. The first-order valence-corrected chi connectivity index (χ1v) is 11.3. The van der Waals surface area contributed by atoms with E-state index in [2.05, 4.69) is 9.71 Å². The maximum Gasteiger partial charge on any atom is 0.240 e. The van der Waals surface area contributed by atoms with Gasteiger partial charge in [0.25, 0.3) is 0 Å². The van der Waals surface area contributed by atoms with Gasteiger partial charge in [-0.2, -0.15) is 0 Å². The van der Waals surface area contributed by atoms with Crippen molar-refractivity contribution in [2.75, 3.05) is 11.4 Å². The Balaban J connectivity index is 1.57. The van der Waals surface area contributed by atoms with Gasteiger partial charge in [-0.05, 0) is 49.2 Å². The zero-order valence-electron chi connectivity index (χ0n) is 16.6. The molecule has 1 aliphatic heterocycles. The predicted molar refractivity (Wildman–Crippen MR) is 112 cm³/mol. The summed E-state index contributed by atoms with van der Waals surface area (Å²) in [5.41, 5.74) is 3.53. The zero-order chi connectivity index (χ0) is 20.6. The summed E-state index contributed by atoms with van der Waals surface area (Å²) in [4.78, 5) is 18.5. The van der Waals surface area contributed by atoms with Crippen molar-refractivity contribution >= 4 is 32.7 Å². The standard InChI is InChI=1S/C21H24N4O3S/c1-3-21(26)25-12-11-15-13-16(9-10-18(15)25)29(27,28)22-14-20-23-17-7-5-6-8-19(17)24(20)4-2/h5-10,13,22H,3-4,11-12,14H2,1-2H3. The van der Waals surface area contributed by atoms with Gasteiger partial charge in [-0.1, -0.05) is 19.1 Å². The number of benzene rings is 2. The Morgan fingerprint density at radius 2 is 1.97 bits per heavy atom. The van der Waals surface area contributed by atoms with Crippen LogP contribution < -0.4 is 9.62 Å². The molecule has 0 aliphatic carbocycles. The van der Waals surface area contributed by atoms with Crippen molar-refractivity contribution < 1.29 is 13.2 Å². The Kier molecular flexibility index (Phi) is 5.14. The first kappa shape index (κ1) is 19.6. The van der Waals surface area contributed by atoms with Gasteiger partial charge in [-0.25, -0.2) is 18.1 Å². The lowest BCUT2D eigenvalue weighted by atomic mass is 10.2. The number of nitrogens with one attached hydrogen (secondary N) is 1. The van der Waals surface area contributed by atoms with E-state index in [1.807, 2.05) is 42.7 Å². The van der Waals surface area contributed by atoms with Crippen LogP contribution in [0.1, 0.15) is 31.7 Å². The highest BCUT2D eigenvalue weighted by Gasteiger charge is 2.26. The largest absolute Gasteiger partial charge is 0.327 e. The molecule has 2 heterocycles. The quantitative estimate of drug-likeness (QED) is 0.675. The molecule has 1 aromatic heterocycles. The minimum atomic E-state index is -3.69. The molecule has 0 fully saturated rings. The Hall–Kier alpha value is -2.71. The number of hydrogen-bond donors (Lipinski definition) is 1. The number of hydrogen-bond acceptors (Lipinski definition) is 4. The number of para-hydroxylation sites is 2. The fourth-order valence-corrected chi connectivity index (χ4v) is 4.88. The summed E-state index contributed by atoms with van der Waals surface area (Å²) >= 11 is 0. The molecule has 0 spiro atoms. The molecule has 1 amide bonds. The minimum absolute atomic E-state index is 0.0518. The summed E-state index contributed by atoms with van der Waals surface area (Å²) in [6, 6.07) is 12.7. The van der Waals surface area contributed by atoms with Crippen LogP contribution in [0.25, 0.3) is 11.0 Å². The number of carbonyl (C=O) groups excluding carboxylic acids is 1. The Bertz CT molecular complexity index is 1180. The summed E-state index contributed by atoms with van der Waals surface area (Å²) in [5.74, 6) is 0.731. The molecule has 0 saturated carbocycles. The van der Waals surface area contributed by atoms with Crippen LogP contribution in [0, 0.1) is 0 Å². The highest BCUT2D eigenvalue weighted by molar-refractivity contribution is 7.89. The average molecular weight is 413 g/mol. The molecule has 152 valence electrons. The number of amides is 1. The number of fused-ring (bicyclic) bond motifs is 2. The predicted octanol–water partition coefficient (Wildman–Crippen LogP) is 2.83. The number of sulfonamides is 1. The van der Waals surface area contributed by atoms with Crippen molar-refractivity contribution in [2.24, 2.45) is 0 Å². The van der Waals surface area contributed by atoms with Crippen LogP contribution in [0.3, 0.4) is 0 Å². The third-order valence-electron chi connectivity index (χ3n) is 5.33. The molecule has 4 rings (SSSR count). The van der Waals surface area contributed by atoms with Gasteiger partial charge in [0.2, 0.25) is 15.9 Å². The number of carbonyl (C=O) groups is 1. The van der Waals surface area contributed by atoms with Crippen molar-refractivity contribution in [1.82, 2.24) is 14.3 Å². The molecule has 0 bridgehead atoms. The van der Waals surface area contributed by atoms with Crippen LogP contribution in [0.4, 0.5) is 5.69 Å². The number of imidazole rings is 1. The summed E-state index contributed by atoms with van der Waals surface area (Å²) in [6.45, 7) is 5.25. The Morgan fingerprint density at radius 3 is 2.72 bits per heavy atom. The number of aryl methyl sites for hydroxylation is 1. The highest BCUT2D eigenvalue weighted by atomic mass is 32.2. The fourth-order valence-electron chi connectivity index (χ4n) is 3.85. The van der Waals surface area contributed by atoms with Crippen molar-refractivity contribution in [3.63, 3.8) is 0 Å². The molecule has 0 saturated heterocycles. The first-order chi connectivity index (χ1) is 13.9. The molecule has 1 N–H and O–H groups in total. The van der Waals surface area contributed by atoms with Gasteiger partial charge in [0, 0.05) is 25.2 Å². The third-order valence-corrected chi connectivity index (χ3v) is 6.73. The molecule has 2 aromatic carbocycles. The summed E-state index contributed by atoms with van der Waals surface area (Å²) in [7, 11) is -3.69. The lowest BCUT2D eigenvalue weighted by Gasteiger charge is -2.16. The number of rotatable bonds is 6. The van der Waals surface area contributed by atoms with Crippen LogP contribution >= 0.6 is 0 Å². The lowest BCUT2D eigenvalue weighted by molar-refractivity contribution is -0.118. The van der Waals surface area contributed by atoms with E-state index in [1.165, 1.54) is 0 Å². The van der Waals surface area contributed by atoms with Crippen molar-refractivity contribution in [1.29, 1.82) is 0 Å². The molecule has 29 heavy (non-hydrogen) atoms. The monoisotopic (exact) mass is 412 g/mol. The van der Waals surface area contributed by atoms with Crippen molar-refractivity contribution in [2.45, 2.75) is 44.7 Å². The molecular weight excluding hydrogens is 388 g/mol. The molecule has 3 aromatic rings. The summed E-state index contributed by atoms with van der Waals surface area (Å²) in [6.07, 6.45) is 1.09. The Morgan fingerprint density at radius 1 is 1.17 bits per heavy atom. The summed E-state index contributed by atoms with van der Waals surface area (Å²) in [5, 5.41) is 0. The van der Waals surface area contributed by atoms with E-state index in [9.17, 15) is 13.2 Å². The molecule has 0 unspecified atom stereocenters. The highest BCUT2D eigenvalue weighted by Crippen LogP contribution is 2.30. The second kappa shape index (κ2) is 7.61. The molecule has 8 heteroatoms. The van der Waals surface area contributed by atoms with Crippen LogP contribution in [-0.2, 0) is 34.3 Å². The van der Waals surface area contributed by atoms with Gasteiger partial charge >= 0.3 is 0 Å². The second-order valence-electron chi connectivity index (χ2n) is 7.03. The van der Waals surface area contributed by atoms with Gasteiger partial charge in [0.1, 0.15) is 5.82 Å². The van der Waals surface area contributed by atoms with Crippen LogP contribution in [0.5, 0.6) is 0 Å². The van der Waals surface area contributed by atoms with Gasteiger partial charge < -0.3 is 9.47 Å². The van der Waals surface area contributed by atoms with Gasteiger partial charge in [-0.15, -0.1) is 0 Å². The maximum atomic E-state index is 12.9. The van der Waals surface area contributed by atoms with E-state index in [0.717, 1.165) is 22.3 Å². The van der Waals surface area contributed by atoms with E-state index >= 15 is 0 Å². The maximum absolute atomic E-state index is 12.9. The van der Waals surface area contributed by atoms with Gasteiger partial charge in [-0.3, -0.25) is 4.79 Å². The van der Waals surface area contributed by atoms with E-state index in [1.54, 1.807) is 23.1 Å². The van der Waals surface area contributed by atoms with Crippen LogP contribution in [0.2, 0.25) is 0 Å². The van der Waals surface area contributed by atoms with E-state index < -0.39 is 10.0 Å². The normalized spacial score (nSPS) is 13.8. The molecule has 1 aliphatic rings. The van der Waals surface area contributed by atoms with Crippen molar-refractivity contribution in [3.05, 3.63) is 53.9 Å². The van der Waals surface area contributed by atoms with E-state index in [0.29, 0.717) is 31.8 Å². The Labute approximate surface area is 170 Å².